The Morgan fingerprint density at radius 3 is 2.59 bits per heavy atom. The maximum absolute atomic E-state index is 5.70. The summed E-state index contributed by atoms with van der Waals surface area (Å²) in [5.74, 6) is 3.38. The Balaban J connectivity index is 0.00000261. The third kappa shape index (κ3) is 5.79. The van der Waals surface area contributed by atoms with Crippen LogP contribution in [0.4, 0.5) is 0 Å². The standard InChI is InChI=1S/C20H27N3O3.HI/c1-20(2,15-6-7-17-18(13-15)26-12-11-25-17)14-23-19(21-3)22-9-8-16-5-4-10-24-16;/h4-7,10,13H,8-9,11-12,14H2,1-3H3,(H2,21,22,23);1H. The average Bonchev–Trinajstić information content (AvgIpc) is 3.17. The number of aliphatic imine (C=N–C) groups is 1. The van der Waals surface area contributed by atoms with E-state index in [4.69, 9.17) is 13.9 Å². The van der Waals surface area contributed by atoms with E-state index in [1.165, 1.54) is 5.56 Å². The number of ether oxygens (including phenoxy) is 2. The molecule has 27 heavy (non-hydrogen) atoms. The lowest BCUT2D eigenvalue weighted by molar-refractivity contribution is 0.171. The van der Waals surface area contributed by atoms with Crippen LogP contribution >= 0.6 is 24.0 Å². The predicted octanol–water partition coefficient (Wildman–Crippen LogP) is 3.35. The number of fused-ring (bicyclic) bond motifs is 1. The summed E-state index contributed by atoms with van der Waals surface area (Å²) in [5.41, 5.74) is 1.11. The Hall–Kier alpha value is -1.90. The average molecular weight is 485 g/mol. The van der Waals surface area contributed by atoms with Crippen molar-refractivity contribution in [3.63, 3.8) is 0 Å². The van der Waals surface area contributed by atoms with Gasteiger partial charge in [-0.05, 0) is 29.8 Å². The monoisotopic (exact) mass is 485 g/mol. The molecule has 0 saturated carbocycles. The second-order valence-corrected chi connectivity index (χ2v) is 6.92. The Morgan fingerprint density at radius 2 is 1.89 bits per heavy atom. The zero-order chi connectivity index (χ0) is 18.4. The zero-order valence-corrected chi connectivity index (χ0v) is 18.4. The van der Waals surface area contributed by atoms with E-state index in [1.807, 2.05) is 18.2 Å². The maximum atomic E-state index is 5.70. The SMILES string of the molecule is CN=C(NCCc1ccco1)NCC(C)(C)c1ccc2c(c1)OCCO2.I. The summed E-state index contributed by atoms with van der Waals surface area (Å²) in [6.07, 6.45) is 2.51. The summed E-state index contributed by atoms with van der Waals surface area (Å²) in [7, 11) is 1.78. The van der Waals surface area contributed by atoms with Gasteiger partial charge in [-0.2, -0.15) is 0 Å². The van der Waals surface area contributed by atoms with E-state index in [-0.39, 0.29) is 29.4 Å². The highest BCUT2D eigenvalue weighted by molar-refractivity contribution is 14.0. The van der Waals surface area contributed by atoms with Crippen molar-refractivity contribution in [3.8, 4) is 11.5 Å². The third-order valence-corrected chi connectivity index (χ3v) is 4.49. The fourth-order valence-corrected chi connectivity index (χ4v) is 2.85. The van der Waals surface area contributed by atoms with Crippen LogP contribution in [-0.4, -0.2) is 39.3 Å². The van der Waals surface area contributed by atoms with Gasteiger partial charge in [0, 0.05) is 32.0 Å². The highest BCUT2D eigenvalue weighted by Crippen LogP contribution is 2.34. The number of benzene rings is 1. The maximum Gasteiger partial charge on any atom is 0.191 e. The van der Waals surface area contributed by atoms with Gasteiger partial charge in [-0.15, -0.1) is 24.0 Å². The Labute approximate surface area is 177 Å². The normalized spacial score (nSPS) is 13.7. The van der Waals surface area contributed by atoms with Crippen LogP contribution in [0.15, 0.2) is 46.0 Å². The van der Waals surface area contributed by atoms with E-state index < -0.39 is 0 Å². The summed E-state index contributed by atoms with van der Waals surface area (Å²) < 4.78 is 16.7. The second kappa shape index (κ2) is 9.87. The lowest BCUT2D eigenvalue weighted by Crippen LogP contribution is -2.44. The summed E-state index contributed by atoms with van der Waals surface area (Å²) in [4.78, 5) is 4.29. The van der Waals surface area contributed by atoms with Crippen molar-refractivity contribution in [2.45, 2.75) is 25.7 Å². The Bertz CT molecular complexity index is 745. The van der Waals surface area contributed by atoms with Crippen LogP contribution in [0.2, 0.25) is 0 Å². The smallest absolute Gasteiger partial charge is 0.191 e. The van der Waals surface area contributed by atoms with Gasteiger partial charge in [0.15, 0.2) is 17.5 Å². The van der Waals surface area contributed by atoms with Crippen LogP contribution < -0.4 is 20.1 Å². The van der Waals surface area contributed by atoms with Crippen molar-refractivity contribution in [1.82, 2.24) is 10.6 Å². The number of halogens is 1. The molecular weight excluding hydrogens is 457 g/mol. The summed E-state index contributed by atoms with van der Waals surface area (Å²) in [5, 5.41) is 6.72. The molecule has 148 valence electrons. The van der Waals surface area contributed by atoms with Gasteiger partial charge < -0.3 is 24.5 Å². The molecule has 7 heteroatoms. The number of guanidine groups is 1. The Morgan fingerprint density at radius 1 is 1.11 bits per heavy atom. The molecule has 0 radical (unpaired) electrons. The molecule has 1 aromatic heterocycles. The van der Waals surface area contributed by atoms with E-state index in [9.17, 15) is 0 Å². The number of nitrogens with zero attached hydrogens (tertiary/aromatic N) is 1. The highest BCUT2D eigenvalue weighted by Gasteiger charge is 2.23. The lowest BCUT2D eigenvalue weighted by atomic mass is 9.84. The molecular formula is C20H28IN3O3. The zero-order valence-electron chi connectivity index (χ0n) is 16.1. The molecule has 0 unspecified atom stereocenters. The first-order chi connectivity index (χ1) is 12.6. The molecule has 0 fully saturated rings. The first-order valence-corrected chi connectivity index (χ1v) is 8.95. The quantitative estimate of drug-likeness (QED) is 0.373. The number of hydrogen-bond acceptors (Lipinski definition) is 4. The van der Waals surface area contributed by atoms with Gasteiger partial charge in [0.2, 0.25) is 0 Å². The largest absolute Gasteiger partial charge is 0.486 e. The van der Waals surface area contributed by atoms with E-state index in [0.29, 0.717) is 13.2 Å². The topological polar surface area (TPSA) is 68.0 Å². The molecule has 1 aliphatic rings. The first kappa shape index (κ1) is 21.4. The minimum Gasteiger partial charge on any atom is -0.486 e. The van der Waals surface area contributed by atoms with Crippen LogP contribution in [0.3, 0.4) is 0 Å². The van der Waals surface area contributed by atoms with Crippen LogP contribution in [0, 0.1) is 0 Å². The summed E-state index contributed by atoms with van der Waals surface area (Å²) >= 11 is 0. The van der Waals surface area contributed by atoms with E-state index in [0.717, 1.165) is 42.7 Å². The molecule has 2 heterocycles. The predicted molar refractivity (Wildman–Crippen MR) is 118 cm³/mol. The van der Waals surface area contributed by atoms with Crippen molar-refractivity contribution in [2.24, 2.45) is 4.99 Å². The van der Waals surface area contributed by atoms with Gasteiger partial charge in [-0.25, -0.2) is 0 Å². The minimum absolute atomic E-state index is 0. The summed E-state index contributed by atoms with van der Waals surface area (Å²) in [6.45, 7) is 7.10. The molecule has 3 rings (SSSR count). The molecule has 0 atom stereocenters. The molecule has 1 aromatic carbocycles. The molecule has 6 nitrogen and oxygen atoms in total. The summed E-state index contributed by atoms with van der Waals surface area (Å²) in [6, 6.07) is 10.0. The highest BCUT2D eigenvalue weighted by atomic mass is 127. The van der Waals surface area contributed by atoms with E-state index >= 15 is 0 Å². The Kier molecular flexibility index (Phi) is 7.82. The molecule has 0 bridgehead atoms. The van der Waals surface area contributed by atoms with Gasteiger partial charge in [0.25, 0.3) is 0 Å². The molecule has 1 aliphatic heterocycles. The van der Waals surface area contributed by atoms with Crippen LogP contribution in [0.5, 0.6) is 11.5 Å². The molecule has 0 amide bonds. The van der Waals surface area contributed by atoms with Crippen molar-refractivity contribution >= 4 is 29.9 Å². The molecule has 2 N–H and O–H groups in total. The molecule has 0 saturated heterocycles. The fraction of sp³-hybridized carbons (Fsp3) is 0.450. The van der Waals surface area contributed by atoms with E-state index in [2.05, 4.69) is 41.6 Å². The van der Waals surface area contributed by atoms with Crippen LogP contribution in [-0.2, 0) is 11.8 Å². The molecule has 0 aliphatic carbocycles. The van der Waals surface area contributed by atoms with Gasteiger partial charge in [-0.3, -0.25) is 4.99 Å². The third-order valence-electron chi connectivity index (χ3n) is 4.49. The molecule has 0 spiro atoms. The number of hydrogen-bond donors (Lipinski definition) is 2. The van der Waals surface area contributed by atoms with Crippen molar-refractivity contribution in [1.29, 1.82) is 0 Å². The number of rotatable bonds is 6. The fourth-order valence-electron chi connectivity index (χ4n) is 2.85. The number of furan rings is 1. The number of nitrogens with one attached hydrogen (secondary N) is 2. The van der Waals surface area contributed by atoms with Crippen molar-refractivity contribution < 1.29 is 13.9 Å². The molecule has 2 aromatic rings. The van der Waals surface area contributed by atoms with Crippen molar-refractivity contribution in [2.75, 3.05) is 33.4 Å². The second-order valence-electron chi connectivity index (χ2n) is 6.92. The van der Waals surface area contributed by atoms with E-state index in [1.54, 1.807) is 13.3 Å². The van der Waals surface area contributed by atoms with Gasteiger partial charge in [0.05, 0.1) is 6.26 Å². The lowest BCUT2D eigenvalue weighted by Gasteiger charge is -2.28. The van der Waals surface area contributed by atoms with Crippen molar-refractivity contribution in [3.05, 3.63) is 47.9 Å². The first-order valence-electron chi connectivity index (χ1n) is 8.95. The van der Waals surface area contributed by atoms with Gasteiger partial charge in [-0.1, -0.05) is 19.9 Å². The minimum atomic E-state index is -0.0888. The van der Waals surface area contributed by atoms with Crippen LogP contribution in [0.1, 0.15) is 25.2 Å². The van der Waals surface area contributed by atoms with Crippen LogP contribution in [0.25, 0.3) is 0 Å². The van der Waals surface area contributed by atoms with Gasteiger partial charge in [0.1, 0.15) is 19.0 Å². The van der Waals surface area contributed by atoms with Gasteiger partial charge >= 0.3 is 0 Å².